The predicted molar refractivity (Wildman–Crippen MR) is 78.8 cm³/mol. The van der Waals surface area contributed by atoms with Crippen LogP contribution in [-0.2, 0) is 0 Å². The second-order valence-electron chi connectivity index (χ2n) is 4.72. The van der Waals surface area contributed by atoms with Gasteiger partial charge in [0.2, 0.25) is 0 Å². The highest BCUT2D eigenvalue weighted by atomic mass is 16.2. The Morgan fingerprint density at radius 3 is 2.45 bits per heavy atom. The minimum absolute atomic E-state index is 0.140. The van der Waals surface area contributed by atoms with Crippen LogP contribution < -0.4 is 10.6 Å². The minimum atomic E-state index is -0.305. The maximum Gasteiger partial charge on any atom is 0.320 e. The molecule has 1 aromatic heterocycles. The van der Waals surface area contributed by atoms with Crippen LogP contribution in [0, 0.1) is 0 Å². The zero-order chi connectivity index (χ0) is 15.1. The number of rotatable bonds is 5. The van der Waals surface area contributed by atoms with Gasteiger partial charge in [0.25, 0.3) is 5.91 Å². The molecule has 0 aromatic carbocycles. The van der Waals surface area contributed by atoms with Gasteiger partial charge < -0.3 is 10.2 Å². The van der Waals surface area contributed by atoms with E-state index in [0.29, 0.717) is 11.5 Å². The van der Waals surface area contributed by atoms with Crippen molar-refractivity contribution >= 4 is 17.8 Å². The van der Waals surface area contributed by atoms with E-state index in [1.54, 1.807) is 32.3 Å². The number of hydrogen-bond donors (Lipinski definition) is 2. The molecule has 0 aliphatic heterocycles. The fraction of sp³-hybridized carbons (Fsp3) is 0.500. The summed E-state index contributed by atoms with van der Waals surface area (Å²) in [6.07, 6.45) is 1.74. The summed E-state index contributed by atoms with van der Waals surface area (Å²) >= 11 is 0. The summed E-state index contributed by atoms with van der Waals surface area (Å²) in [4.78, 5) is 29.2. The van der Waals surface area contributed by atoms with Gasteiger partial charge in [0, 0.05) is 20.1 Å². The third-order valence-corrected chi connectivity index (χ3v) is 2.94. The molecule has 0 saturated heterocycles. The van der Waals surface area contributed by atoms with Crippen molar-refractivity contribution in [2.45, 2.75) is 32.7 Å². The number of carbonyl (C=O) groups is 2. The molecule has 1 aromatic rings. The molecule has 6 heteroatoms. The van der Waals surface area contributed by atoms with E-state index in [1.165, 1.54) is 4.90 Å². The number of aromatic nitrogens is 1. The van der Waals surface area contributed by atoms with E-state index in [-0.39, 0.29) is 18.0 Å². The van der Waals surface area contributed by atoms with Crippen LogP contribution in [-0.4, -0.2) is 42.0 Å². The zero-order valence-electron chi connectivity index (χ0n) is 12.4. The van der Waals surface area contributed by atoms with Crippen molar-refractivity contribution in [2.75, 3.05) is 19.4 Å². The molecule has 0 radical (unpaired) electrons. The first-order chi connectivity index (χ1) is 9.47. The second-order valence-corrected chi connectivity index (χ2v) is 4.72. The molecule has 1 rings (SSSR count). The van der Waals surface area contributed by atoms with Crippen LogP contribution in [0.15, 0.2) is 18.2 Å². The van der Waals surface area contributed by atoms with Crippen LogP contribution in [0.25, 0.3) is 0 Å². The summed E-state index contributed by atoms with van der Waals surface area (Å²) in [5.74, 6) is 0.162. The molecule has 0 unspecified atom stereocenters. The van der Waals surface area contributed by atoms with E-state index < -0.39 is 0 Å². The van der Waals surface area contributed by atoms with Crippen molar-refractivity contribution < 1.29 is 9.59 Å². The van der Waals surface area contributed by atoms with Crippen LogP contribution in [0.1, 0.15) is 37.2 Å². The maximum absolute atomic E-state index is 11.8. The lowest BCUT2D eigenvalue weighted by molar-refractivity contribution is 0.0822. The summed E-state index contributed by atoms with van der Waals surface area (Å²) in [6.45, 7) is 4.03. The minimum Gasteiger partial charge on any atom is -0.343 e. The van der Waals surface area contributed by atoms with E-state index in [2.05, 4.69) is 15.6 Å². The van der Waals surface area contributed by atoms with Crippen molar-refractivity contribution in [3.63, 3.8) is 0 Å². The number of hydrogen-bond acceptors (Lipinski definition) is 3. The van der Waals surface area contributed by atoms with Crippen molar-refractivity contribution in [1.82, 2.24) is 15.2 Å². The van der Waals surface area contributed by atoms with Gasteiger partial charge in [-0.25, -0.2) is 9.78 Å². The summed E-state index contributed by atoms with van der Waals surface area (Å²) in [7, 11) is 3.31. The number of pyridine rings is 1. The fourth-order valence-electron chi connectivity index (χ4n) is 1.68. The summed E-state index contributed by atoms with van der Waals surface area (Å²) in [5, 5.41) is 5.49. The molecule has 0 spiro atoms. The van der Waals surface area contributed by atoms with E-state index >= 15 is 0 Å². The van der Waals surface area contributed by atoms with Gasteiger partial charge in [-0.3, -0.25) is 10.1 Å². The lowest BCUT2D eigenvalue weighted by Gasteiger charge is -2.15. The first kappa shape index (κ1) is 15.9. The molecule has 2 N–H and O–H groups in total. The van der Waals surface area contributed by atoms with E-state index in [9.17, 15) is 9.59 Å². The molecule has 0 atom stereocenters. The van der Waals surface area contributed by atoms with Gasteiger partial charge in [-0.1, -0.05) is 19.9 Å². The molecule has 0 aliphatic rings. The molecule has 6 nitrogen and oxygen atoms in total. The number of urea groups is 1. The fourth-order valence-corrected chi connectivity index (χ4v) is 1.68. The highest BCUT2D eigenvalue weighted by molar-refractivity contribution is 5.93. The molecule has 0 saturated carbocycles. The topological polar surface area (TPSA) is 74.3 Å². The van der Waals surface area contributed by atoms with Gasteiger partial charge in [-0.2, -0.15) is 0 Å². The lowest BCUT2D eigenvalue weighted by Crippen LogP contribution is -2.37. The molecule has 0 aliphatic carbocycles. The monoisotopic (exact) mass is 278 g/mol. The number of nitrogens with one attached hydrogen (secondary N) is 2. The Morgan fingerprint density at radius 2 is 1.90 bits per heavy atom. The van der Waals surface area contributed by atoms with Crippen LogP contribution in [0.5, 0.6) is 0 Å². The van der Waals surface area contributed by atoms with Gasteiger partial charge in [0.05, 0.1) is 0 Å². The third kappa shape index (κ3) is 4.53. The van der Waals surface area contributed by atoms with Gasteiger partial charge in [-0.15, -0.1) is 0 Å². The summed E-state index contributed by atoms with van der Waals surface area (Å²) < 4.78 is 0. The highest BCUT2D eigenvalue weighted by Gasteiger charge is 2.12. The average Bonchev–Trinajstić information content (AvgIpc) is 2.44. The normalized spacial score (nSPS) is 10.2. The van der Waals surface area contributed by atoms with E-state index in [1.807, 2.05) is 13.8 Å². The molecular formula is C14H22N4O2. The van der Waals surface area contributed by atoms with Crippen LogP contribution in [0.4, 0.5) is 10.6 Å². The quantitative estimate of drug-likeness (QED) is 0.866. The maximum atomic E-state index is 11.8. The van der Waals surface area contributed by atoms with Crippen molar-refractivity contribution in [1.29, 1.82) is 0 Å². The molecule has 1 heterocycles. The largest absolute Gasteiger partial charge is 0.343 e. The van der Waals surface area contributed by atoms with Crippen LogP contribution >= 0.6 is 0 Å². The van der Waals surface area contributed by atoms with Gasteiger partial charge in [0.15, 0.2) is 0 Å². The smallest absolute Gasteiger partial charge is 0.320 e. The third-order valence-electron chi connectivity index (χ3n) is 2.94. The van der Waals surface area contributed by atoms with Gasteiger partial charge >= 0.3 is 6.03 Å². The Hall–Kier alpha value is -2.11. The first-order valence-corrected chi connectivity index (χ1v) is 6.74. The number of amides is 3. The Balaban J connectivity index is 2.71. The standard InChI is InChI=1S/C14H22N4O2/c1-5-10(6-2)15-14(20)17-12-9-7-8-11(16-12)13(19)18(3)4/h7-10H,5-6H2,1-4H3,(H2,15,16,17,20). The number of carbonyl (C=O) groups excluding carboxylic acids is 2. The first-order valence-electron chi connectivity index (χ1n) is 6.74. The molecule has 3 amide bonds. The number of nitrogens with zero attached hydrogens (tertiary/aromatic N) is 2. The molecule has 0 fully saturated rings. The lowest BCUT2D eigenvalue weighted by atomic mass is 10.2. The summed E-state index contributed by atoms with van der Waals surface area (Å²) in [6, 6.07) is 4.80. The molecular weight excluding hydrogens is 256 g/mol. The summed E-state index contributed by atoms with van der Waals surface area (Å²) in [5.41, 5.74) is 0.301. The number of anilines is 1. The Labute approximate surface area is 119 Å². The van der Waals surface area contributed by atoms with E-state index in [0.717, 1.165) is 12.8 Å². The van der Waals surface area contributed by atoms with Gasteiger partial charge in [-0.05, 0) is 25.0 Å². The second kappa shape index (κ2) is 7.47. The Bertz CT molecular complexity index is 470. The van der Waals surface area contributed by atoms with Crippen molar-refractivity contribution in [3.8, 4) is 0 Å². The Kier molecular flexibility index (Phi) is 5.96. The van der Waals surface area contributed by atoms with Crippen molar-refractivity contribution in [2.24, 2.45) is 0 Å². The van der Waals surface area contributed by atoms with Gasteiger partial charge in [0.1, 0.15) is 11.5 Å². The highest BCUT2D eigenvalue weighted by Crippen LogP contribution is 2.07. The molecule has 0 bridgehead atoms. The van der Waals surface area contributed by atoms with Crippen LogP contribution in [0.2, 0.25) is 0 Å². The zero-order valence-corrected chi connectivity index (χ0v) is 12.4. The molecule has 20 heavy (non-hydrogen) atoms. The predicted octanol–water partition coefficient (Wildman–Crippen LogP) is 2.09. The Morgan fingerprint density at radius 1 is 1.25 bits per heavy atom. The molecule has 110 valence electrons. The van der Waals surface area contributed by atoms with Crippen LogP contribution in [0.3, 0.4) is 0 Å². The van der Waals surface area contributed by atoms with Crippen molar-refractivity contribution in [3.05, 3.63) is 23.9 Å². The van der Waals surface area contributed by atoms with E-state index in [4.69, 9.17) is 0 Å². The SMILES string of the molecule is CCC(CC)NC(=O)Nc1cccc(C(=O)N(C)C)n1. The average molecular weight is 278 g/mol.